The number of aromatic nitrogens is 2. The van der Waals surface area contributed by atoms with Gasteiger partial charge in [-0.15, -0.1) is 10.2 Å². The fraction of sp³-hybridized carbons (Fsp3) is 0.318. The van der Waals surface area contributed by atoms with E-state index in [4.69, 9.17) is 4.42 Å². The van der Waals surface area contributed by atoms with Gasteiger partial charge in [-0.2, -0.15) is 4.31 Å². The van der Waals surface area contributed by atoms with Crippen LogP contribution < -0.4 is 5.32 Å². The summed E-state index contributed by atoms with van der Waals surface area (Å²) in [7, 11) is -3.59. The van der Waals surface area contributed by atoms with Gasteiger partial charge >= 0.3 is 0 Å². The Morgan fingerprint density at radius 2 is 1.84 bits per heavy atom. The van der Waals surface area contributed by atoms with Crippen molar-refractivity contribution in [2.75, 3.05) is 24.2 Å². The topological polar surface area (TPSA) is 105 Å². The number of anilines is 1. The van der Waals surface area contributed by atoms with Crippen LogP contribution in [0.4, 0.5) is 5.69 Å². The highest BCUT2D eigenvalue weighted by Crippen LogP contribution is 2.27. The molecule has 0 spiro atoms. The number of thioether (sulfide) groups is 1. The second-order valence-electron chi connectivity index (χ2n) is 7.52. The molecule has 1 saturated heterocycles. The van der Waals surface area contributed by atoms with E-state index in [1.54, 1.807) is 19.1 Å². The molecule has 0 bridgehead atoms. The summed E-state index contributed by atoms with van der Waals surface area (Å²) in [6.07, 6.45) is 2.78. The fourth-order valence-corrected chi connectivity index (χ4v) is 5.82. The maximum atomic E-state index is 13.1. The van der Waals surface area contributed by atoms with Gasteiger partial charge in [0.2, 0.25) is 21.8 Å². The van der Waals surface area contributed by atoms with Crippen LogP contribution >= 0.6 is 11.8 Å². The van der Waals surface area contributed by atoms with Gasteiger partial charge in [-0.3, -0.25) is 4.79 Å². The van der Waals surface area contributed by atoms with E-state index in [0.717, 1.165) is 36.6 Å². The third-order valence-corrected chi connectivity index (χ3v) is 8.02. The number of hydrogen-bond donors (Lipinski definition) is 1. The number of hydrogen-bond acceptors (Lipinski definition) is 7. The molecular weight excluding hydrogens is 448 g/mol. The van der Waals surface area contributed by atoms with Crippen LogP contribution in [0.1, 0.15) is 24.8 Å². The van der Waals surface area contributed by atoms with Crippen molar-refractivity contribution in [1.82, 2.24) is 14.5 Å². The zero-order valence-electron chi connectivity index (χ0n) is 17.7. The first-order chi connectivity index (χ1) is 15.4. The van der Waals surface area contributed by atoms with Crippen LogP contribution in [0.2, 0.25) is 0 Å². The predicted octanol–water partition coefficient (Wildman–Crippen LogP) is 3.95. The quantitative estimate of drug-likeness (QED) is 0.519. The Hall–Kier alpha value is -2.69. The number of nitrogens with one attached hydrogen (secondary N) is 1. The molecule has 0 aliphatic carbocycles. The lowest BCUT2D eigenvalue weighted by atomic mass is 10.2. The molecule has 32 heavy (non-hydrogen) atoms. The first-order valence-corrected chi connectivity index (χ1v) is 12.8. The number of nitrogens with zero attached hydrogens (tertiary/aromatic N) is 3. The van der Waals surface area contributed by atoms with Crippen molar-refractivity contribution in [3.05, 3.63) is 54.1 Å². The molecule has 1 amide bonds. The Balaban J connectivity index is 1.39. The van der Waals surface area contributed by atoms with Gasteiger partial charge in [-0.25, -0.2) is 8.42 Å². The Bertz CT molecular complexity index is 1190. The number of carbonyl (C=O) groups is 1. The monoisotopic (exact) mass is 472 g/mol. The lowest BCUT2D eigenvalue weighted by Crippen LogP contribution is -2.36. The summed E-state index contributed by atoms with van der Waals surface area (Å²) in [5.74, 6) is 0.151. The van der Waals surface area contributed by atoms with Crippen molar-refractivity contribution >= 4 is 33.4 Å². The minimum absolute atomic E-state index is 0.0541. The third kappa shape index (κ3) is 5.20. The standard InChI is InChI=1S/C22H24N4O4S2/c1-16-10-11-18(14-19(16)32(28,29)26-12-6-3-7-13-26)23-20(27)15-31-22-25-24-21(30-22)17-8-4-2-5-9-17/h2,4-5,8-11,14H,3,6-7,12-13,15H2,1H3,(H,23,27). The Morgan fingerprint density at radius 1 is 1.09 bits per heavy atom. The summed E-state index contributed by atoms with van der Waals surface area (Å²) in [5.41, 5.74) is 1.90. The van der Waals surface area contributed by atoms with Crippen molar-refractivity contribution < 1.29 is 17.6 Å². The number of amides is 1. The third-order valence-electron chi connectivity index (χ3n) is 5.16. The molecule has 8 nitrogen and oxygen atoms in total. The molecule has 0 unspecified atom stereocenters. The average molecular weight is 473 g/mol. The Kier molecular flexibility index (Phi) is 6.92. The van der Waals surface area contributed by atoms with E-state index in [2.05, 4.69) is 15.5 Å². The summed E-state index contributed by atoms with van der Waals surface area (Å²) in [5, 5.41) is 11.0. The van der Waals surface area contributed by atoms with Crippen molar-refractivity contribution in [2.45, 2.75) is 36.3 Å². The lowest BCUT2D eigenvalue weighted by Gasteiger charge is -2.26. The molecule has 10 heteroatoms. The van der Waals surface area contributed by atoms with Gasteiger partial charge in [0.25, 0.3) is 5.22 Å². The number of aryl methyl sites for hydroxylation is 1. The lowest BCUT2D eigenvalue weighted by molar-refractivity contribution is -0.113. The average Bonchev–Trinajstić information content (AvgIpc) is 3.29. The zero-order chi connectivity index (χ0) is 22.6. The summed E-state index contributed by atoms with van der Waals surface area (Å²) >= 11 is 1.12. The largest absolute Gasteiger partial charge is 0.411 e. The molecule has 1 aliphatic rings. The highest BCUT2D eigenvalue weighted by Gasteiger charge is 2.27. The molecule has 4 rings (SSSR count). The molecule has 1 N–H and O–H groups in total. The van der Waals surface area contributed by atoms with E-state index in [-0.39, 0.29) is 21.8 Å². The first kappa shape index (κ1) is 22.5. The van der Waals surface area contributed by atoms with E-state index in [9.17, 15) is 13.2 Å². The minimum Gasteiger partial charge on any atom is -0.411 e. The van der Waals surface area contributed by atoms with E-state index in [0.29, 0.717) is 30.2 Å². The van der Waals surface area contributed by atoms with Gasteiger partial charge < -0.3 is 9.73 Å². The Labute approximate surface area is 191 Å². The van der Waals surface area contributed by atoms with Gasteiger partial charge in [0.05, 0.1) is 10.6 Å². The maximum Gasteiger partial charge on any atom is 0.277 e. The van der Waals surface area contributed by atoms with Crippen LogP contribution in [-0.4, -0.2) is 47.7 Å². The molecule has 1 aromatic heterocycles. The number of benzene rings is 2. The van der Waals surface area contributed by atoms with Crippen molar-refractivity contribution in [3.63, 3.8) is 0 Å². The van der Waals surface area contributed by atoms with Crippen LogP contribution in [0, 0.1) is 6.92 Å². The van der Waals surface area contributed by atoms with E-state index < -0.39 is 10.0 Å². The van der Waals surface area contributed by atoms with Crippen molar-refractivity contribution in [2.24, 2.45) is 0 Å². The van der Waals surface area contributed by atoms with Gasteiger partial charge in [0, 0.05) is 24.3 Å². The molecule has 0 saturated carbocycles. The van der Waals surface area contributed by atoms with Gasteiger partial charge in [0.1, 0.15) is 0 Å². The molecule has 1 fully saturated rings. The summed E-state index contributed by atoms with van der Waals surface area (Å²) in [6.45, 7) is 2.83. The second-order valence-corrected chi connectivity index (χ2v) is 10.4. The number of piperidine rings is 1. The van der Waals surface area contributed by atoms with Gasteiger partial charge in [-0.1, -0.05) is 42.4 Å². The molecular formula is C22H24N4O4S2. The molecule has 168 valence electrons. The van der Waals surface area contributed by atoms with Crippen LogP contribution in [0.5, 0.6) is 0 Å². The summed E-state index contributed by atoms with van der Waals surface area (Å²) in [6, 6.07) is 14.3. The number of rotatable bonds is 7. The highest BCUT2D eigenvalue weighted by atomic mass is 32.2. The van der Waals surface area contributed by atoms with Gasteiger partial charge in [0.15, 0.2) is 0 Å². The minimum atomic E-state index is -3.59. The Morgan fingerprint density at radius 3 is 2.59 bits per heavy atom. The van der Waals surface area contributed by atoms with E-state index >= 15 is 0 Å². The molecule has 2 heterocycles. The van der Waals surface area contributed by atoms with Crippen LogP contribution in [-0.2, 0) is 14.8 Å². The van der Waals surface area contributed by atoms with Crippen molar-refractivity contribution in [1.29, 1.82) is 0 Å². The second kappa shape index (κ2) is 9.85. The molecule has 2 aromatic carbocycles. The zero-order valence-corrected chi connectivity index (χ0v) is 19.3. The normalized spacial score (nSPS) is 14.9. The summed E-state index contributed by atoms with van der Waals surface area (Å²) < 4.78 is 33.2. The summed E-state index contributed by atoms with van der Waals surface area (Å²) in [4.78, 5) is 12.7. The molecule has 1 aliphatic heterocycles. The highest BCUT2D eigenvalue weighted by molar-refractivity contribution is 7.99. The SMILES string of the molecule is Cc1ccc(NC(=O)CSc2nnc(-c3ccccc3)o2)cc1S(=O)(=O)N1CCCCC1. The molecule has 3 aromatic rings. The number of carbonyl (C=O) groups excluding carboxylic acids is 1. The maximum absolute atomic E-state index is 13.1. The van der Waals surface area contributed by atoms with Gasteiger partial charge in [-0.05, 0) is 49.6 Å². The fourth-order valence-electron chi connectivity index (χ4n) is 3.49. The first-order valence-electron chi connectivity index (χ1n) is 10.4. The van der Waals surface area contributed by atoms with Crippen LogP contribution in [0.25, 0.3) is 11.5 Å². The number of sulfonamides is 1. The molecule has 0 atom stereocenters. The smallest absolute Gasteiger partial charge is 0.277 e. The predicted molar refractivity (Wildman–Crippen MR) is 123 cm³/mol. The van der Waals surface area contributed by atoms with Crippen LogP contribution in [0.3, 0.4) is 0 Å². The molecule has 0 radical (unpaired) electrons. The van der Waals surface area contributed by atoms with Crippen molar-refractivity contribution in [3.8, 4) is 11.5 Å². The van der Waals surface area contributed by atoms with E-state index in [1.165, 1.54) is 10.4 Å². The van der Waals surface area contributed by atoms with Crippen LogP contribution in [0.15, 0.2) is 63.1 Å². The van der Waals surface area contributed by atoms with E-state index in [1.807, 2.05) is 30.3 Å².